The highest BCUT2D eigenvalue weighted by Crippen LogP contribution is 2.18. The van der Waals surface area contributed by atoms with Crippen molar-refractivity contribution in [3.63, 3.8) is 0 Å². The predicted octanol–water partition coefficient (Wildman–Crippen LogP) is 1.22. The zero-order valence-electron chi connectivity index (χ0n) is 10.8. The van der Waals surface area contributed by atoms with Gasteiger partial charge in [0.05, 0.1) is 12.1 Å². The Morgan fingerprint density at radius 1 is 1.56 bits per heavy atom. The summed E-state index contributed by atoms with van der Waals surface area (Å²) in [5.74, 6) is 1.21. The van der Waals surface area contributed by atoms with Gasteiger partial charge in [0, 0.05) is 26.7 Å². The molecule has 0 bridgehead atoms. The summed E-state index contributed by atoms with van der Waals surface area (Å²) in [6, 6.07) is -0.203. The van der Waals surface area contributed by atoms with Crippen LogP contribution >= 0.6 is 0 Å². The summed E-state index contributed by atoms with van der Waals surface area (Å²) in [6.07, 6.45) is 4.82. The van der Waals surface area contributed by atoms with Crippen LogP contribution in [0.2, 0.25) is 0 Å². The van der Waals surface area contributed by atoms with Crippen LogP contribution in [0.25, 0.3) is 0 Å². The summed E-state index contributed by atoms with van der Waals surface area (Å²) in [7, 11) is 1.68. The van der Waals surface area contributed by atoms with Crippen LogP contribution in [-0.4, -0.2) is 36.6 Å². The van der Waals surface area contributed by atoms with Crippen molar-refractivity contribution in [3.8, 4) is 0 Å². The van der Waals surface area contributed by atoms with Gasteiger partial charge in [-0.15, -0.1) is 0 Å². The molecule has 1 aromatic heterocycles. The van der Waals surface area contributed by atoms with Gasteiger partial charge in [0.1, 0.15) is 0 Å². The van der Waals surface area contributed by atoms with E-state index in [0.29, 0.717) is 24.7 Å². The van der Waals surface area contributed by atoms with E-state index < -0.39 is 0 Å². The molecule has 1 fully saturated rings. The van der Waals surface area contributed by atoms with E-state index in [9.17, 15) is 0 Å². The smallest absolute Gasteiger partial charge is 0.243 e. The quantitative estimate of drug-likeness (QED) is 0.737. The first-order valence-electron chi connectivity index (χ1n) is 6.48. The Morgan fingerprint density at radius 2 is 2.44 bits per heavy atom. The highest BCUT2D eigenvalue weighted by molar-refractivity contribution is 4.93. The second-order valence-electron chi connectivity index (χ2n) is 4.63. The van der Waals surface area contributed by atoms with Gasteiger partial charge in [0.2, 0.25) is 5.89 Å². The Labute approximate surface area is 107 Å². The third-order valence-electron chi connectivity index (χ3n) is 3.10. The van der Waals surface area contributed by atoms with Crippen LogP contribution in [0, 0.1) is 0 Å². The van der Waals surface area contributed by atoms with Gasteiger partial charge in [-0.05, 0) is 25.7 Å². The Balaban J connectivity index is 1.80. The summed E-state index contributed by atoms with van der Waals surface area (Å²) >= 11 is 0. The standard InChI is InChI=1S/C12H21N3O3/c1-16-6-3-5-10(13)12-14-11(15-18-12)8-9-4-2-7-17-9/h9-10H,2-8,13H2,1H3. The molecule has 0 spiro atoms. The molecule has 2 unspecified atom stereocenters. The van der Waals surface area contributed by atoms with Crippen LogP contribution in [0.4, 0.5) is 0 Å². The minimum absolute atomic E-state index is 0.203. The third kappa shape index (κ3) is 3.76. The molecule has 1 saturated heterocycles. The van der Waals surface area contributed by atoms with Crippen LogP contribution in [0.3, 0.4) is 0 Å². The van der Waals surface area contributed by atoms with Crippen molar-refractivity contribution in [2.24, 2.45) is 5.73 Å². The topological polar surface area (TPSA) is 83.4 Å². The van der Waals surface area contributed by atoms with E-state index in [1.807, 2.05) is 0 Å². The lowest BCUT2D eigenvalue weighted by molar-refractivity contribution is 0.109. The molecule has 2 atom stereocenters. The normalized spacial score (nSPS) is 21.3. The first kappa shape index (κ1) is 13.5. The second kappa shape index (κ2) is 6.82. The molecule has 102 valence electrons. The minimum atomic E-state index is -0.203. The van der Waals surface area contributed by atoms with E-state index in [-0.39, 0.29) is 12.1 Å². The molecule has 0 saturated carbocycles. The van der Waals surface area contributed by atoms with Crippen molar-refractivity contribution in [3.05, 3.63) is 11.7 Å². The first-order chi connectivity index (χ1) is 8.79. The molecule has 0 radical (unpaired) electrons. The molecule has 6 nitrogen and oxygen atoms in total. The maximum Gasteiger partial charge on any atom is 0.243 e. The molecule has 2 N–H and O–H groups in total. The third-order valence-corrected chi connectivity index (χ3v) is 3.10. The molecule has 0 aromatic carbocycles. The van der Waals surface area contributed by atoms with Crippen LogP contribution in [0.15, 0.2) is 4.52 Å². The van der Waals surface area contributed by atoms with Gasteiger partial charge in [0.25, 0.3) is 0 Å². The molecule has 1 aliphatic rings. The van der Waals surface area contributed by atoms with Gasteiger partial charge >= 0.3 is 0 Å². The van der Waals surface area contributed by atoms with E-state index >= 15 is 0 Å². The lowest BCUT2D eigenvalue weighted by atomic mass is 10.1. The Hall–Kier alpha value is -0.980. The van der Waals surface area contributed by atoms with E-state index in [2.05, 4.69) is 10.1 Å². The van der Waals surface area contributed by atoms with E-state index in [4.69, 9.17) is 19.7 Å². The summed E-state index contributed by atoms with van der Waals surface area (Å²) < 4.78 is 15.7. The molecular formula is C12H21N3O3. The fourth-order valence-electron chi connectivity index (χ4n) is 2.08. The van der Waals surface area contributed by atoms with Gasteiger partial charge in [-0.1, -0.05) is 5.16 Å². The van der Waals surface area contributed by atoms with Crippen LogP contribution in [0.5, 0.6) is 0 Å². The number of hydrogen-bond donors (Lipinski definition) is 1. The SMILES string of the molecule is COCCCC(N)c1nc(CC2CCCO2)no1. The summed E-state index contributed by atoms with van der Waals surface area (Å²) in [5.41, 5.74) is 5.97. The highest BCUT2D eigenvalue weighted by Gasteiger charge is 2.20. The van der Waals surface area contributed by atoms with Gasteiger partial charge in [-0.3, -0.25) is 0 Å². The monoisotopic (exact) mass is 255 g/mol. The average molecular weight is 255 g/mol. The number of aromatic nitrogens is 2. The fourth-order valence-corrected chi connectivity index (χ4v) is 2.08. The van der Waals surface area contributed by atoms with E-state index in [1.165, 1.54) is 0 Å². The van der Waals surface area contributed by atoms with Crippen molar-refractivity contribution in [1.29, 1.82) is 0 Å². The van der Waals surface area contributed by atoms with Crippen LogP contribution in [-0.2, 0) is 15.9 Å². The Bertz CT molecular complexity index is 350. The zero-order valence-corrected chi connectivity index (χ0v) is 10.8. The lowest BCUT2D eigenvalue weighted by Crippen LogP contribution is -2.13. The first-order valence-corrected chi connectivity index (χ1v) is 6.48. The molecular weight excluding hydrogens is 234 g/mol. The number of rotatable bonds is 7. The minimum Gasteiger partial charge on any atom is -0.385 e. The molecule has 0 amide bonds. The van der Waals surface area contributed by atoms with Crippen molar-refractivity contribution in [2.45, 2.75) is 44.2 Å². The molecule has 1 aliphatic heterocycles. The lowest BCUT2D eigenvalue weighted by Gasteiger charge is -2.05. The number of nitrogens with two attached hydrogens (primary N) is 1. The van der Waals surface area contributed by atoms with Crippen LogP contribution < -0.4 is 5.73 Å². The number of nitrogens with zero attached hydrogens (tertiary/aromatic N) is 2. The van der Waals surface area contributed by atoms with Crippen LogP contribution in [0.1, 0.15) is 43.4 Å². The highest BCUT2D eigenvalue weighted by atomic mass is 16.5. The molecule has 0 aliphatic carbocycles. The van der Waals surface area contributed by atoms with Crippen molar-refractivity contribution >= 4 is 0 Å². The molecule has 1 aromatic rings. The molecule has 2 rings (SSSR count). The summed E-state index contributed by atoms with van der Waals surface area (Å²) in [6.45, 7) is 1.54. The Kier molecular flexibility index (Phi) is 5.10. The summed E-state index contributed by atoms with van der Waals surface area (Å²) in [4.78, 5) is 4.33. The van der Waals surface area contributed by atoms with Gasteiger partial charge in [0.15, 0.2) is 5.82 Å². The maximum atomic E-state index is 5.97. The Morgan fingerprint density at radius 3 is 3.17 bits per heavy atom. The molecule has 2 heterocycles. The second-order valence-corrected chi connectivity index (χ2v) is 4.63. The van der Waals surface area contributed by atoms with Crippen molar-refractivity contribution in [2.75, 3.05) is 20.3 Å². The van der Waals surface area contributed by atoms with Gasteiger partial charge < -0.3 is 19.7 Å². The maximum absolute atomic E-state index is 5.97. The summed E-state index contributed by atoms with van der Waals surface area (Å²) in [5, 5.41) is 3.95. The van der Waals surface area contributed by atoms with Crippen molar-refractivity contribution < 1.29 is 14.0 Å². The molecule has 18 heavy (non-hydrogen) atoms. The van der Waals surface area contributed by atoms with E-state index in [1.54, 1.807) is 7.11 Å². The predicted molar refractivity (Wildman–Crippen MR) is 65.0 cm³/mol. The van der Waals surface area contributed by atoms with Crippen molar-refractivity contribution in [1.82, 2.24) is 10.1 Å². The number of methoxy groups -OCH3 is 1. The largest absolute Gasteiger partial charge is 0.385 e. The number of hydrogen-bond acceptors (Lipinski definition) is 6. The van der Waals surface area contributed by atoms with Gasteiger partial charge in [-0.2, -0.15) is 4.98 Å². The van der Waals surface area contributed by atoms with Gasteiger partial charge in [-0.25, -0.2) is 0 Å². The fraction of sp³-hybridized carbons (Fsp3) is 0.833. The average Bonchev–Trinajstić information content (AvgIpc) is 3.01. The number of ether oxygens (including phenoxy) is 2. The molecule has 6 heteroatoms. The van der Waals surface area contributed by atoms with E-state index in [0.717, 1.165) is 32.3 Å². The zero-order chi connectivity index (χ0) is 12.8.